The Balaban J connectivity index is 2.69. The molecule has 0 amide bonds. The Morgan fingerprint density at radius 1 is 1.37 bits per heavy atom. The van der Waals surface area contributed by atoms with Crippen molar-refractivity contribution in [3.8, 4) is 0 Å². The van der Waals surface area contributed by atoms with Crippen LogP contribution in [0.4, 0.5) is 5.95 Å². The van der Waals surface area contributed by atoms with Gasteiger partial charge in [-0.25, -0.2) is 9.97 Å². The molecule has 0 spiro atoms. The quantitative estimate of drug-likeness (QED) is 0.850. The van der Waals surface area contributed by atoms with Gasteiger partial charge in [-0.15, -0.1) is 0 Å². The van der Waals surface area contributed by atoms with Gasteiger partial charge in [0.1, 0.15) is 0 Å². The number of aryl methyl sites for hydroxylation is 1. The number of anilines is 1. The lowest BCUT2D eigenvalue weighted by atomic mass is 10.1. The summed E-state index contributed by atoms with van der Waals surface area (Å²) in [5.41, 5.74) is 2.25. The second kappa shape index (κ2) is 6.82. The van der Waals surface area contributed by atoms with Gasteiger partial charge in [-0.3, -0.25) is 0 Å². The zero-order valence-electron chi connectivity index (χ0n) is 12.9. The Bertz CT molecular complexity index is 401. The summed E-state index contributed by atoms with van der Waals surface area (Å²) in [5, 5.41) is 3.45. The highest BCUT2D eigenvalue weighted by atomic mass is 16.5. The highest BCUT2D eigenvalue weighted by Gasteiger charge is 2.11. The maximum absolute atomic E-state index is 5.06. The molecule has 0 saturated carbocycles. The van der Waals surface area contributed by atoms with E-state index in [0.717, 1.165) is 30.3 Å². The Labute approximate surface area is 116 Å². The summed E-state index contributed by atoms with van der Waals surface area (Å²) in [6.07, 6.45) is 1.90. The number of nitrogens with one attached hydrogen (secondary N) is 1. The van der Waals surface area contributed by atoms with E-state index < -0.39 is 0 Å². The molecule has 0 unspecified atom stereocenters. The van der Waals surface area contributed by atoms with Crippen LogP contribution in [0, 0.1) is 6.92 Å². The third kappa shape index (κ3) is 5.53. The Morgan fingerprint density at radius 3 is 2.58 bits per heavy atom. The molecule has 0 radical (unpaired) electrons. The molecule has 1 aromatic rings. The highest BCUT2D eigenvalue weighted by molar-refractivity contribution is 5.31. The van der Waals surface area contributed by atoms with E-state index in [-0.39, 0.29) is 5.54 Å². The van der Waals surface area contributed by atoms with Crippen LogP contribution in [0.2, 0.25) is 0 Å². The fourth-order valence-corrected chi connectivity index (χ4v) is 1.53. The lowest BCUT2D eigenvalue weighted by Crippen LogP contribution is -2.35. The summed E-state index contributed by atoms with van der Waals surface area (Å²) in [6, 6.07) is 0. The molecular formula is C14H26N4O. The lowest BCUT2D eigenvalue weighted by Gasteiger charge is -2.22. The van der Waals surface area contributed by atoms with Crippen LogP contribution in [0.3, 0.4) is 0 Å². The third-order valence-corrected chi connectivity index (χ3v) is 2.85. The van der Waals surface area contributed by atoms with Gasteiger partial charge in [0, 0.05) is 50.2 Å². The van der Waals surface area contributed by atoms with Crippen LogP contribution in [-0.2, 0) is 11.3 Å². The fraction of sp³-hybridized carbons (Fsp3) is 0.714. The number of nitrogens with zero attached hydrogens (tertiary/aromatic N) is 3. The number of hydrogen-bond acceptors (Lipinski definition) is 5. The normalized spacial score (nSPS) is 11.7. The molecule has 5 nitrogen and oxygen atoms in total. The van der Waals surface area contributed by atoms with E-state index in [1.807, 2.05) is 25.1 Å². The van der Waals surface area contributed by atoms with Crippen molar-refractivity contribution >= 4 is 5.95 Å². The van der Waals surface area contributed by atoms with Crippen LogP contribution in [0.25, 0.3) is 0 Å². The van der Waals surface area contributed by atoms with E-state index in [4.69, 9.17) is 4.74 Å². The van der Waals surface area contributed by atoms with E-state index in [1.165, 1.54) is 0 Å². The summed E-state index contributed by atoms with van der Waals surface area (Å²) in [4.78, 5) is 11.0. The molecule has 1 heterocycles. The van der Waals surface area contributed by atoms with Gasteiger partial charge in [-0.05, 0) is 27.7 Å². The largest absolute Gasteiger partial charge is 0.383 e. The Kier molecular flexibility index (Phi) is 5.69. The number of likely N-dealkylation sites (N-methyl/N-ethyl adjacent to an activating group) is 1. The van der Waals surface area contributed by atoms with Gasteiger partial charge in [-0.2, -0.15) is 0 Å². The van der Waals surface area contributed by atoms with Crippen LogP contribution >= 0.6 is 0 Å². The minimum Gasteiger partial charge on any atom is -0.383 e. The van der Waals surface area contributed by atoms with Gasteiger partial charge >= 0.3 is 0 Å². The van der Waals surface area contributed by atoms with Crippen molar-refractivity contribution in [3.63, 3.8) is 0 Å². The maximum atomic E-state index is 5.06. The van der Waals surface area contributed by atoms with Crippen LogP contribution in [-0.4, -0.2) is 42.8 Å². The summed E-state index contributed by atoms with van der Waals surface area (Å²) in [7, 11) is 3.67. The Morgan fingerprint density at radius 2 is 2.05 bits per heavy atom. The fourth-order valence-electron chi connectivity index (χ4n) is 1.53. The average Bonchev–Trinajstić information content (AvgIpc) is 2.33. The number of ether oxygens (including phenoxy) is 1. The first-order valence-electron chi connectivity index (χ1n) is 6.61. The average molecular weight is 266 g/mol. The van der Waals surface area contributed by atoms with Gasteiger partial charge in [0.05, 0.1) is 6.61 Å². The number of rotatable bonds is 6. The predicted molar refractivity (Wildman–Crippen MR) is 78.5 cm³/mol. The standard InChI is InChI=1S/C14H26N4O/c1-11-12(10-16-14(2,3)4)9-15-13(17-11)18(5)7-8-19-6/h9,16H,7-8,10H2,1-6H3. The van der Waals surface area contributed by atoms with Crippen LogP contribution in [0.5, 0.6) is 0 Å². The molecule has 0 aliphatic carbocycles. The van der Waals surface area contributed by atoms with E-state index in [1.54, 1.807) is 7.11 Å². The Hall–Kier alpha value is -1.20. The number of hydrogen-bond donors (Lipinski definition) is 1. The van der Waals surface area contributed by atoms with Crippen molar-refractivity contribution < 1.29 is 4.74 Å². The molecule has 0 aromatic carbocycles. The third-order valence-electron chi connectivity index (χ3n) is 2.85. The van der Waals surface area contributed by atoms with Gasteiger partial charge in [0.25, 0.3) is 0 Å². The molecule has 0 aliphatic rings. The van der Waals surface area contributed by atoms with Crippen molar-refractivity contribution in [2.45, 2.75) is 39.8 Å². The molecule has 0 saturated heterocycles. The van der Waals surface area contributed by atoms with Crippen molar-refractivity contribution in [2.24, 2.45) is 0 Å². The topological polar surface area (TPSA) is 50.3 Å². The van der Waals surface area contributed by atoms with Crippen LogP contribution in [0.15, 0.2) is 6.20 Å². The first kappa shape index (κ1) is 15.9. The first-order valence-corrected chi connectivity index (χ1v) is 6.61. The van der Waals surface area contributed by atoms with Crippen LogP contribution < -0.4 is 10.2 Å². The second-order valence-electron chi connectivity index (χ2n) is 5.80. The zero-order chi connectivity index (χ0) is 14.5. The molecular weight excluding hydrogens is 240 g/mol. The number of aromatic nitrogens is 2. The van der Waals surface area contributed by atoms with E-state index in [9.17, 15) is 0 Å². The first-order chi connectivity index (χ1) is 8.83. The zero-order valence-corrected chi connectivity index (χ0v) is 12.9. The summed E-state index contributed by atoms with van der Waals surface area (Å²) in [6.45, 7) is 10.7. The van der Waals surface area contributed by atoms with E-state index in [0.29, 0.717) is 6.61 Å². The summed E-state index contributed by atoms with van der Waals surface area (Å²) >= 11 is 0. The maximum Gasteiger partial charge on any atom is 0.225 e. The molecule has 1 N–H and O–H groups in total. The van der Waals surface area contributed by atoms with Gasteiger partial charge in [0.2, 0.25) is 5.95 Å². The molecule has 19 heavy (non-hydrogen) atoms. The van der Waals surface area contributed by atoms with Gasteiger partial charge in [-0.1, -0.05) is 0 Å². The lowest BCUT2D eigenvalue weighted by molar-refractivity contribution is 0.206. The molecule has 0 bridgehead atoms. The predicted octanol–water partition coefficient (Wildman–Crippen LogP) is 1.76. The minimum atomic E-state index is 0.0976. The van der Waals surface area contributed by atoms with E-state index >= 15 is 0 Å². The SMILES string of the molecule is COCCN(C)c1ncc(CNC(C)(C)C)c(C)n1. The molecule has 0 fully saturated rings. The van der Waals surface area contributed by atoms with Crippen molar-refractivity contribution in [2.75, 3.05) is 32.2 Å². The minimum absolute atomic E-state index is 0.0976. The molecule has 1 aromatic heterocycles. The highest BCUT2D eigenvalue weighted by Crippen LogP contribution is 2.11. The van der Waals surface area contributed by atoms with Crippen molar-refractivity contribution in [1.29, 1.82) is 0 Å². The van der Waals surface area contributed by atoms with E-state index in [2.05, 4.69) is 36.1 Å². The van der Waals surface area contributed by atoms with Gasteiger partial charge in [0.15, 0.2) is 0 Å². The molecule has 0 atom stereocenters. The summed E-state index contributed by atoms with van der Waals surface area (Å²) in [5.74, 6) is 0.744. The molecule has 5 heteroatoms. The van der Waals surface area contributed by atoms with Crippen molar-refractivity contribution in [1.82, 2.24) is 15.3 Å². The summed E-state index contributed by atoms with van der Waals surface area (Å²) < 4.78 is 5.06. The number of methoxy groups -OCH3 is 1. The molecule has 0 aliphatic heterocycles. The van der Waals surface area contributed by atoms with Crippen LogP contribution in [0.1, 0.15) is 32.0 Å². The second-order valence-corrected chi connectivity index (χ2v) is 5.80. The molecule has 108 valence electrons. The smallest absolute Gasteiger partial charge is 0.225 e. The molecule has 1 rings (SSSR count). The monoisotopic (exact) mass is 266 g/mol. The van der Waals surface area contributed by atoms with Crippen molar-refractivity contribution in [3.05, 3.63) is 17.5 Å². The van der Waals surface area contributed by atoms with Gasteiger partial charge < -0.3 is 15.0 Å².